The van der Waals surface area contributed by atoms with Gasteiger partial charge < -0.3 is 25.5 Å². The summed E-state index contributed by atoms with van der Waals surface area (Å²) in [4.78, 5) is 21.0. The van der Waals surface area contributed by atoms with E-state index in [0.29, 0.717) is 19.6 Å². The molecule has 0 saturated heterocycles. The molecule has 0 aromatic rings. The van der Waals surface area contributed by atoms with E-state index in [9.17, 15) is 9.59 Å². The van der Waals surface area contributed by atoms with Gasteiger partial charge in [-0.3, -0.25) is 4.90 Å². The first-order valence-corrected chi connectivity index (χ1v) is 6.46. The smallest absolute Gasteiger partial charge is 0.330 e. The molecule has 0 aromatic heterocycles. The second-order valence-corrected chi connectivity index (χ2v) is 4.18. The van der Waals surface area contributed by atoms with Crippen LogP contribution in [0.3, 0.4) is 0 Å². The lowest BCUT2D eigenvalue weighted by molar-refractivity contribution is -0.133. The van der Waals surface area contributed by atoms with Gasteiger partial charge in [0, 0.05) is 30.8 Å². The lowest BCUT2D eigenvalue weighted by Crippen LogP contribution is -2.32. The van der Waals surface area contributed by atoms with Crippen LogP contribution in [-0.2, 0) is 9.59 Å². The molecule has 0 heterocycles. The van der Waals surface area contributed by atoms with Gasteiger partial charge in [0.05, 0.1) is 19.8 Å². The second-order valence-electron chi connectivity index (χ2n) is 4.18. The molecule has 0 spiro atoms. The topological polar surface area (TPSA) is 139 Å². The Hall–Kier alpha value is -1.74. The van der Waals surface area contributed by atoms with Crippen molar-refractivity contribution in [2.75, 3.05) is 39.5 Å². The number of aliphatic carboxylic acids is 2. The third kappa shape index (κ3) is 23.4. The molecule has 0 aliphatic carbocycles. The number of aliphatic hydroxyl groups excluding tert-OH is 3. The van der Waals surface area contributed by atoms with Crippen LogP contribution in [-0.4, -0.2) is 81.8 Å². The number of carboxylic acids is 2. The average molecular weight is 321 g/mol. The van der Waals surface area contributed by atoms with Gasteiger partial charge in [0.15, 0.2) is 0 Å². The molecule has 0 atom stereocenters. The minimum atomic E-state index is -0.935. The van der Waals surface area contributed by atoms with Gasteiger partial charge >= 0.3 is 11.9 Å². The van der Waals surface area contributed by atoms with Crippen molar-refractivity contribution in [3.05, 3.63) is 24.3 Å². The number of aliphatic hydroxyl groups is 3. The van der Waals surface area contributed by atoms with Gasteiger partial charge in [0.25, 0.3) is 0 Å². The Morgan fingerprint density at radius 2 is 0.955 bits per heavy atom. The molecule has 8 heteroatoms. The molecule has 22 heavy (non-hydrogen) atoms. The predicted molar refractivity (Wildman–Crippen MR) is 82.6 cm³/mol. The standard InChI is InChI=1S/C6H15NO3.2C4H6O2/c8-4-1-7(2-5-9)3-6-10;2*1-3(2)4(5)6/h8-10H,1-6H2;2*1H2,2H3,(H,5,6). The zero-order chi connectivity index (χ0) is 18.1. The summed E-state index contributed by atoms with van der Waals surface area (Å²) in [5.74, 6) is -1.87. The number of hydrogen-bond donors (Lipinski definition) is 5. The summed E-state index contributed by atoms with van der Waals surface area (Å²) in [5, 5.41) is 41.2. The van der Waals surface area contributed by atoms with E-state index in [-0.39, 0.29) is 31.0 Å². The molecule has 0 aliphatic heterocycles. The van der Waals surface area contributed by atoms with Crippen LogP contribution in [0.15, 0.2) is 24.3 Å². The molecule has 8 nitrogen and oxygen atoms in total. The summed E-state index contributed by atoms with van der Waals surface area (Å²) >= 11 is 0. The first kappa shape index (κ1) is 25.2. The molecule has 0 aromatic carbocycles. The summed E-state index contributed by atoms with van der Waals surface area (Å²) < 4.78 is 0. The maximum Gasteiger partial charge on any atom is 0.330 e. The highest BCUT2D eigenvalue weighted by atomic mass is 16.4. The monoisotopic (exact) mass is 321 g/mol. The maximum absolute atomic E-state index is 9.60. The Balaban J connectivity index is -0.000000261. The van der Waals surface area contributed by atoms with Crippen molar-refractivity contribution in [3.63, 3.8) is 0 Å². The van der Waals surface area contributed by atoms with E-state index in [0.717, 1.165) is 0 Å². The van der Waals surface area contributed by atoms with Crippen molar-refractivity contribution in [3.8, 4) is 0 Å². The molecule has 130 valence electrons. The molecule has 0 amide bonds. The van der Waals surface area contributed by atoms with Crippen LogP contribution in [0.1, 0.15) is 13.8 Å². The molecule has 0 bridgehead atoms. The fourth-order valence-corrected chi connectivity index (χ4v) is 0.760. The quantitative estimate of drug-likeness (QED) is 0.379. The Morgan fingerprint density at radius 1 is 0.773 bits per heavy atom. The average Bonchev–Trinajstić information content (AvgIpc) is 2.40. The Kier molecular flexibility index (Phi) is 19.9. The maximum atomic E-state index is 9.60. The largest absolute Gasteiger partial charge is 0.478 e. The number of hydrogen-bond acceptors (Lipinski definition) is 6. The van der Waals surface area contributed by atoms with Crippen molar-refractivity contribution in [1.29, 1.82) is 0 Å². The minimum Gasteiger partial charge on any atom is -0.478 e. The van der Waals surface area contributed by atoms with Crippen molar-refractivity contribution in [1.82, 2.24) is 4.90 Å². The molecule has 0 aliphatic rings. The van der Waals surface area contributed by atoms with E-state index in [1.165, 1.54) is 13.8 Å². The fraction of sp³-hybridized carbons (Fsp3) is 0.571. The highest BCUT2D eigenvalue weighted by Crippen LogP contribution is 1.84. The molecule has 0 radical (unpaired) electrons. The zero-order valence-corrected chi connectivity index (χ0v) is 13.2. The third-order valence-electron chi connectivity index (χ3n) is 1.98. The number of carboxylic acid groups (broad SMARTS) is 2. The molecular weight excluding hydrogens is 294 g/mol. The Bertz CT molecular complexity index is 280. The SMILES string of the molecule is C=C(C)C(=O)O.C=C(C)C(=O)O.OCCN(CCO)CCO. The van der Waals surface area contributed by atoms with E-state index in [4.69, 9.17) is 25.5 Å². The van der Waals surface area contributed by atoms with Crippen molar-refractivity contribution in [2.24, 2.45) is 0 Å². The van der Waals surface area contributed by atoms with Crippen LogP contribution in [0.25, 0.3) is 0 Å². The summed E-state index contributed by atoms with van der Waals surface area (Å²) in [6, 6.07) is 0. The Labute approximate surface area is 130 Å². The van der Waals surface area contributed by atoms with E-state index in [1.54, 1.807) is 4.90 Å². The zero-order valence-electron chi connectivity index (χ0n) is 13.2. The van der Waals surface area contributed by atoms with Gasteiger partial charge in [-0.05, 0) is 13.8 Å². The van der Waals surface area contributed by atoms with E-state index >= 15 is 0 Å². The van der Waals surface area contributed by atoms with Crippen LogP contribution in [0.5, 0.6) is 0 Å². The molecule has 5 N–H and O–H groups in total. The molecule has 0 unspecified atom stereocenters. The summed E-state index contributed by atoms with van der Waals surface area (Å²) in [6.07, 6.45) is 0. The molecule has 0 rings (SSSR count). The van der Waals surface area contributed by atoms with E-state index in [2.05, 4.69) is 13.2 Å². The van der Waals surface area contributed by atoms with Gasteiger partial charge in [-0.15, -0.1) is 0 Å². The van der Waals surface area contributed by atoms with Crippen LogP contribution in [0.2, 0.25) is 0 Å². The lowest BCUT2D eigenvalue weighted by Gasteiger charge is -2.17. The molecule has 0 fully saturated rings. The van der Waals surface area contributed by atoms with Gasteiger partial charge in [0.1, 0.15) is 0 Å². The number of rotatable bonds is 8. The Morgan fingerprint density at radius 3 is 1.05 bits per heavy atom. The minimum absolute atomic E-state index is 0.0694. The second kappa shape index (κ2) is 17.3. The highest BCUT2D eigenvalue weighted by Gasteiger charge is 2.00. The third-order valence-corrected chi connectivity index (χ3v) is 1.98. The molecule has 0 saturated carbocycles. The fourth-order valence-electron chi connectivity index (χ4n) is 0.760. The summed E-state index contributed by atoms with van der Waals surface area (Å²) in [5.41, 5.74) is 0.352. The summed E-state index contributed by atoms with van der Waals surface area (Å²) in [6.45, 7) is 11.0. The van der Waals surface area contributed by atoms with Crippen LogP contribution < -0.4 is 0 Å². The van der Waals surface area contributed by atoms with E-state index < -0.39 is 11.9 Å². The van der Waals surface area contributed by atoms with Crippen LogP contribution in [0.4, 0.5) is 0 Å². The van der Waals surface area contributed by atoms with Crippen molar-refractivity contribution >= 4 is 11.9 Å². The van der Waals surface area contributed by atoms with Crippen LogP contribution >= 0.6 is 0 Å². The highest BCUT2D eigenvalue weighted by molar-refractivity contribution is 5.85. The predicted octanol–water partition coefficient (Wildman–Crippen LogP) is -0.440. The number of carbonyl (C=O) groups is 2. The van der Waals surface area contributed by atoms with Gasteiger partial charge in [-0.2, -0.15) is 0 Å². The van der Waals surface area contributed by atoms with Gasteiger partial charge in [-0.1, -0.05) is 13.2 Å². The van der Waals surface area contributed by atoms with Gasteiger partial charge in [-0.25, -0.2) is 9.59 Å². The van der Waals surface area contributed by atoms with Crippen LogP contribution in [0, 0.1) is 0 Å². The van der Waals surface area contributed by atoms with Gasteiger partial charge in [0.2, 0.25) is 0 Å². The normalized spacial score (nSPS) is 9.00. The first-order chi connectivity index (χ1) is 10.1. The molecular formula is C14H27NO7. The summed E-state index contributed by atoms with van der Waals surface area (Å²) in [7, 11) is 0. The van der Waals surface area contributed by atoms with Crippen molar-refractivity contribution < 1.29 is 35.1 Å². The van der Waals surface area contributed by atoms with E-state index in [1.807, 2.05) is 0 Å². The lowest BCUT2D eigenvalue weighted by atomic mass is 10.4. The number of nitrogens with zero attached hydrogens (tertiary/aromatic N) is 1. The van der Waals surface area contributed by atoms with Crippen molar-refractivity contribution in [2.45, 2.75) is 13.8 Å². The first-order valence-electron chi connectivity index (χ1n) is 6.46.